The zero-order chi connectivity index (χ0) is 20.6. The van der Waals surface area contributed by atoms with E-state index in [1.54, 1.807) is 0 Å². The van der Waals surface area contributed by atoms with E-state index in [9.17, 15) is 30.6 Å². The molecule has 2 heterocycles. The molecule has 160 valence electrons. The van der Waals surface area contributed by atoms with Gasteiger partial charge in [-0.15, -0.1) is 0 Å². The second-order valence-corrected chi connectivity index (χ2v) is 8.31. The fourth-order valence-corrected chi connectivity index (χ4v) is 2.98. The van der Waals surface area contributed by atoms with Crippen molar-refractivity contribution in [1.82, 2.24) is 0 Å². The van der Waals surface area contributed by atoms with Crippen molar-refractivity contribution >= 4 is 34.8 Å². The molecule has 14 heteroatoms. The smallest absolute Gasteiger partial charge is 0.297 e. The highest BCUT2D eigenvalue weighted by molar-refractivity contribution is 6.66. The van der Waals surface area contributed by atoms with Crippen molar-refractivity contribution in [2.75, 3.05) is 19.8 Å². The van der Waals surface area contributed by atoms with Crippen LogP contribution in [-0.4, -0.2) is 114 Å². The third-order valence-corrected chi connectivity index (χ3v) is 4.63. The van der Waals surface area contributed by atoms with Crippen LogP contribution in [0.3, 0.4) is 0 Å². The Morgan fingerprint density at radius 1 is 0.889 bits per heavy atom. The Balaban J connectivity index is 2.15. The van der Waals surface area contributed by atoms with E-state index in [-0.39, 0.29) is 0 Å². The van der Waals surface area contributed by atoms with Crippen molar-refractivity contribution in [2.24, 2.45) is 0 Å². The molecule has 0 aromatic rings. The first-order valence-corrected chi connectivity index (χ1v) is 8.93. The van der Waals surface area contributed by atoms with Crippen molar-refractivity contribution < 1.29 is 54.7 Å². The van der Waals surface area contributed by atoms with Crippen molar-refractivity contribution in [2.45, 2.75) is 58.8 Å². The maximum Gasteiger partial charge on any atom is 0.297 e. The van der Waals surface area contributed by atoms with Crippen molar-refractivity contribution in [3.05, 3.63) is 0 Å². The largest absolute Gasteiger partial charge is 0.394 e. The van der Waals surface area contributed by atoms with Gasteiger partial charge < -0.3 is 54.7 Å². The lowest BCUT2D eigenvalue weighted by Gasteiger charge is -2.43. The molecule has 2 rings (SSSR count). The molecule has 9 atom stereocenters. The molecule has 0 aliphatic carbocycles. The molecule has 2 aliphatic rings. The molecular formula is C13H21Cl3O11. The van der Waals surface area contributed by atoms with Gasteiger partial charge in [0.25, 0.3) is 3.98 Å². The van der Waals surface area contributed by atoms with Gasteiger partial charge >= 0.3 is 0 Å². The molecule has 2 fully saturated rings. The van der Waals surface area contributed by atoms with Gasteiger partial charge in [0.2, 0.25) is 5.79 Å². The van der Waals surface area contributed by atoms with Gasteiger partial charge in [-0.2, -0.15) is 0 Å². The standard InChI is InChI=1S/C13H21Cl3O11/c14-13(15,16)24-2-5-6(19)8(21)9(22)11(25-5)27-12(3-18)10(23)7(20)4(1-17)26-12/h4-11,17-23H,1-3H2/t4-,5-,6-,7-,8+,9-,10+,11-,12+/m1/s1. The summed E-state index contributed by atoms with van der Waals surface area (Å²) in [6.45, 7) is -2.22. The molecule has 0 unspecified atom stereocenters. The van der Waals surface area contributed by atoms with Crippen LogP contribution >= 0.6 is 34.8 Å². The molecule has 0 aromatic carbocycles. The number of hydrogen-bond donors (Lipinski definition) is 7. The van der Waals surface area contributed by atoms with E-state index < -0.39 is 78.6 Å². The molecular weight excluding hydrogens is 438 g/mol. The van der Waals surface area contributed by atoms with E-state index in [0.29, 0.717) is 0 Å². The van der Waals surface area contributed by atoms with E-state index in [0.717, 1.165) is 0 Å². The van der Waals surface area contributed by atoms with Crippen LogP contribution in [0.15, 0.2) is 0 Å². The Bertz CT molecular complexity index is 495. The quantitative estimate of drug-likeness (QED) is 0.201. The molecule has 0 amide bonds. The number of ether oxygens (including phenoxy) is 4. The Morgan fingerprint density at radius 2 is 1.52 bits per heavy atom. The van der Waals surface area contributed by atoms with Gasteiger partial charge in [-0.05, 0) is 0 Å². The van der Waals surface area contributed by atoms with E-state index in [4.69, 9.17) is 58.9 Å². The average molecular weight is 460 g/mol. The van der Waals surface area contributed by atoms with Gasteiger partial charge in [0.1, 0.15) is 49.3 Å². The van der Waals surface area contributed by atoms with Crippen LogP contribution in [0.2, 0.25) is 0 Å². The molecule has 27 heavy (non-hydrogen) atoms. The molecule has 11 nitrogen and oxygen atoms in total. The summed E-state index contributed by atoms with van der Waals surface area (Å²) < 4.78 is 18.5. The van der Waals surface area contributed by atoms with Crippen LogP contribution in [0.4, 0.5) is 0 Å². The highest BCUT2D eigenvalue weighted by Gasteiger charge is 2.58. The number of rotatable bonds is 6. The molecule has 0 bridgehead atoms. The number of alkyl halides is 3. The molecule has 0 radical (unpaired) electrons. The third kappa shape index (κ3) is 5.13. The van der Waals surface area contributed by atoms with Crippen molar-refractivity contribution in [3.63, 3.8) is 0 Å². The topological polar surface area (TPSA) is 179 Å². The maximum absolute atomic E-state index is 10.1. The van der Waals surface area contributed by atoms with Crippen LogP contribution < -0.4 is 0 Å². The van der Waals surface area contributed by atoms with Crippen LogP contribution in [0.25, 0.3) is 0 Å². The Kier molecular flexibility index (Phi) is 7.96. The summed E-state index contributed by atoms with van der Waals surface area (Å²) in [6, 6.07) is 0. The highest BCUT2D eigenvalue weighted by Crippen LogP contribution is 2.36. The summed E-state index contributed by atoms with van der Waals surface area (Å²) in [6.07, 6.45) is -13.1. The minimum atomic E-state index is -2.28. The maximum atomic E-state index is 10.1. The lowest BCUT2D eigenvalue weighted by atomic mass is 9.99. The Hall–Kier alpha value is 0.430. The van der Waals surface area contributed by atoms with Crippen LogP contribution in [0, 0.1) is 0 Å². The molecule has 2 aliphatic heterocycles. The molecule has 0 saturated carbocycles. The number of halogens is 3. The molecule has 0 spiro atoms. The summed E-state index contributed by atoms with van der Waals surface area (Å²) in [5, 5.41) is 68.8. The lowest BCUT2D eigenvalue weighted by Crippen LogP contribution is -2.63. The van der Waals surface area contributed by atoms with Gasteiger partial charge in [0.15, 0.2) is 6.29 Å². The van der Waals surface area contributed by atoms with Gasteiger partial charge in [-0.25, -0.2) is 0 Å². The number of hydrogen-bond acceptors (Lipinski definition) is 11. The zero-order valence-corrected chi connectivity index (χ0v) is 15.9. The first kappa shape index (κ1) is 23.7. The normalized spacial score (nSPS) is 46.0. The average Bonchev–Trinajstić information content (AvgIpc) is 2.85. The first-order chi connectivity index (χ1) is 12.5. The molecule has 7 N–H and O–H groups in total. The molecule has 0 aromatic heterocycles. The van der Waals surface area contributed by atoms with Crippen LogP contribution in [-0.2, 0) is 18.9 Å². The predicted molar refractivity (Wildman–Crippen MR) is 87.8 cm³/mol. The van der Waals surface area contributed by atoms with E-state index in [1.807, 2.05) is 0 Å². The fourth-order valence-electron chi connectivity index (χ4n) is 2.79. The van der Waals surface area contributed by atoms with Crippen molar-refractivity contribution in [3.8, 4) is 0 Å². The summed E-state index contributed by atoms with van der Waals surface area (Å²) in [5.74, 6) is -2.28. The summed E-state index contributed by atoms with van der Waals surface area (Å²) >= 11 is 16.3. The predicted octanol–water partition coefficient (Wildman–Crippen LogP) is -3.04. The number of aliphatic hydroxyl groups is 7. The highest BCUT2D eigenvalue weighted by atomic mass is 35.6. The second kappa shape index (κ2) is 9.06. The van der Waals surface area contributed by atoms with Gasteiger partial charge in [-0.1, -0.05) is 34.8 Å². The minimum Gasteiger partial charge on any atom is -0.394 e. The fraction of sp³-hybridized carbons (Fsp3) is 1.00. The summed E-state index contributed by atoms with van der Waals surface area (Å²) in [7, 11) is 0. The van der Waals surface area contributed by atoms with Crippen LogP contribution in [0.5, 0.6) is 0 Å². The monoisotopic (exact) mass is 458 g/mol. The zero-order valence-electron chi connectivity index (χ0n) is 13.6. The van der Waals surface area contributed by atoms with Crippen LogP contribution in [0.1, 0.15) is 0 Å². The SMILES string of the molecule is OC[C@H]1O[C@@](CO)(O[C@H]2O[C@H](COC(Cl)(Cl)Cl)[C@@H](O)[C@H](O)[C@H]2O)[C@@H](O)[C@@H]1O. The van der Waals surface area contributed by atoms with Gasteiger partial charge in [-0.3, -0.25) is 0 Å². The van der Waals surface area contributed by atoms with Gasteiger partial charge in [0, 0.05) is 0 Å². The Morgan fingerprint density at radius 3 is 2.00 bits per heavy atom. The number of aliphatic hydroxyl groups excluding tert-OH is 7. The molecule has 2 saturated heterocycles. The summed E-state index contributed by atoms with van der Waals surface area (Å²) in [4.78, 5) is 0. The minimum absolute atomic E-state index is 0.529. The van der Waals surface area contributed by atoms with Crippen molar-refractivity contribution in [1.29, 1.82) is 0 Å². The lowest BCUT2D eigenvalue weighted by molar-refractivity contribution is -0.384. The summed E-state index contributed by atoms with van der Waals surface area (Å²) in [5.41, 5.74) is 0. The van der Waals surface area contributed by atoms with E-state index in [2.05, 4.69) is 0 Å². The first-order valence-electron chi connectivity index (χ1n) is 7.79. The van der Waals surface area contributed by atoms with E-state index >= 15 is 0 Å². The Labute approximate surface area is 168 Å². The third-order valence-electron chi connectivity index (χ3n) is 4.30. The second-order valence-electron chi connectivity index (χ2n) is 6.13. The van der Waals surface area contributed by atoms with E-state index in [1.165, 1.54) is 0 Å². The van der Waals surface area contributed by atoms with Gasteiger partial charge in [0.05, 0.1) is 13.2 Å².